The second-order valence-corrected chi connectivity index (χ2v) is 30.4. The molecule has 0 aliphatic carbocycles. The van der Waals surface area contributed by atoms with Crippen molar-refractivity contribution in [1.29, 1.82) is 0 Å². The number of nitrogens with zero attached hydrogens (tertiary/aromatic N) is 9. The first-order valence-electron chi connectivity index (χ1n) is 34.4. The fourth-order valence-corrected chi connectivity index (χ4v) is 14.3. The number of aliphatic hydroxyl groups is 1. The Balaban J connectivity index is 2.29. The van der Waals surface area contributed by atoms with Gasteiger partial charge in [-0.15, -0.1) is 0 Å². The Hall–Kier alpha value is -5.35. The van der Waals surface area contributed by atoms with Gasteiger partial charge < -0.3 is 54.5 Å². The van der Waals surface area contributed by atoms with Gasteiger partial charge in [-0.25, -0.2) is 0 Å². The van der Waals surface area contributed by atoms with E-state index in [2.05, 4.69) is 22.2 Å². The summed E-state index contributed by atoms with van der Waals surface area (Å²) in [4.78, 5) is 177. The monoisotopic (exact) mass is 1300 g/mol. The summed E-state index contributed by atoms with van der Waals surface area (Å²) in [6, 6.07) is -9.28. The summed E-state index contributed by atoms with van der Waals surface area (Å²) in [5.74, 6) is -9.98. The molecule has 0 saturated carbocycles. The molecule has 3 aliphatic rings. The average molecular weight is 1300 g/mol. The van der Waals surface area contributed by atoms with Crippen molar-refractivity contribution in [2.75, 3.05) is 89.1 Å². The summed E-state index contributed by atoms with van der Waals surface area (Å²) in [5.41, 5.74) is 0. The van der Waals surface area contributed by atoms with Crippen LogP contribution in [0.15, 0.2) is 0 Å². The third-order valence-electron chi connectivity index (χ3n) is 20.3. The fraction of sp³-hybridized carbons (Fsp3) is 0.843. The quantitative estimate of drug-likeness (QED) is 0.207. The number of nitrogens with one attached hydrogen (secondary N) is 1. The molecule has 2 N–H and O–H groups in total. The maximum atomic E-state index is 15.5. The summed E-state index contributed by atoms with van der Waals surface area (Å²) in [7, 11) is 12.5. The zero-order valence-corrected chi connectivity index (χ0v) is 61.3. The molecule has 0 bridgehead atoms. The van der Waals surface area contributed by atoms with Crippen LogP contribution in [0.1, 0.15) is 169 Å². The predicted octanol–water partition coefficient (Wildman–Crippen LogP) is 5.46. The van der Waals surface area contributed by atoms with Crippen LogP contribution in [0.4, 0.5) is 0 Å². The topological polar surface area (TPSA) is 249 Å². The SMILES string of the molecule is CC[C@H]1CC(=O)[C@@H]([C@H](O)[C@H](C)CCN2C[C@H]3CN(C)C[C@H]3C2)N(C)C(=O)[C@@H](C(C)C)N(C)C(=O)[C@@H](CC(C)C)N(C)C(=O)C(C(C)C)N(C)C(=O)[C@H](C)NC(=O)[C@@H](C)CC(=O)[C@@H](CC(C)C)N(C)C(=O)[C@@H](C(C)C)CC(=O)[C@H](CC(C)C)N(C)C(=O)[C@@H](C)N(C)C1=O. The van der Waals surface area contributed by atoms with E-state index in [9.17, 15) is 38.7 Å². The Morgan fingerprint density at radius 3 is 1.33 bits per heavy atom. The number of rotatable bonds is 15. The molecular formula is C70H124N10O12. The number of likely N-dealkylation sites (N-methyl/N-ethyl adjacent to an activating group) is 7. The number of hydrogen-bond donors (Lipinski definition) is 2. The van der Waals surface area contributed by atoms with E-state index in [0.29, 0.717) is 24.8 Å². The molecule has 0 spiro atoms. The Bertz CT molecular complexity index is 2540. The van der Waals surface area contributed by atoms with Gasteiger partial charge in [0.05, 0.1) is 18.2 Å². The van der Waals surface area contributed by atoms with Crippen LogP contribution < -0.4 is 5.32 Å². The highest BCUT2D eigenvalue weighted by molar-refractivity contribution is 6.00. The number of amides is 8. The van der Waals surface area contributed by atoms with Crippen molar-refractivity contribution in [2.45, 2.75) is 224 Å². The highest BCUT2D eigenvalue weighted by Crippen LogP contribution is 2.33. The number of carbonyl (C=O) groups excluding carboxylic acids is 11. The molecule has 3 aliphatic heterocycles. The normalized spacial score (nSPS) is 30.3. The third kappa shape index (κ3) is 20.6. The van der Waals surface area contributed by atoms with Crippen molar-refractivity contribution in [3.63, 3.8) is 0 Å². The molecule has 3 rings (SSSR count). The van der Waals surface area contributed by atoms with Crippen LogP contribution in [0.5, 0.6) is 0 Å². The van der Waals surface area contributed by atoms with E-state index in [0.717, 1.165) is 26.2 Å². The van der Waals surface area contributed by atoms with Crippen molar-refractivity contribution in [3.05, 3.63) is 0 Å². The number of carbonyl (C=O) groups is 11. The minimum atomic E-state index is -1.48. The van der Waals surface area contributed by atoms with E-state index in [1.807, 2.05) is 62.3 Å². The lowest BCUT2D eigenvalue weighted by molar-refractivity contribution is -0.157. The minimum absolute atomic E-state index is 0.0681. The summed E-state index contributed by atoms with van der Waals surface area (Å²) in [6.45, 7) is 34.9. The van der Waals surface area contributed by atoms with Gasteiger partial charge >= 0.3 is 0 Å². The van der Waals surface area contributed by atoms with Crippen LogP contribution in [-0.4, -0.2) is 257 Å². The van der Waals surface area contributed by atoms with Crippen molar-refractivity contribution in [3.8, 4) is 0 Å². The molecule has 3 fully saturated rings. The van der Waals surface area contributed by atoms with Gasteiger partial charge in [0.15, 0.2) is 17.3 Å². The van der Waals surface area contributed by atoms with Crippen molar-refractivity contribution < 1.29 is 57.8 Å². The Labute approximate surface area is 553 Å². The molecule has 0 radical (unpaired) electrons. The van der Waals surface area contributed by atoms with Crippen molar-refractivity contribution in [1.82, 2.24) is 49.4 Å². The largest absolute Gasteiger partial charge is 0.390 e. The lowest BCUT2D eigenvalue weighted by Gasteiger charge is -2.42. The van der Waals surface area contributed by atoms with Gasteiger partial charge in [-0.2, -0.15) is 0 Å². The highest BCUT2D eigenvalue weighted by Gasteiger charge is 2.47. The molecular weight excluding hydrogens is 1170 g/mol. The number of Topliss-reactive ketones (excluding diaryl/α,β-unsaturated/α-hetero) is 3. The maximum Gasteiger partial charge on any atom is 0.246 e. The van der Waals surface area contributed by atoms with Gasteiger partial charge in [-0.3, -0.25) is 52.7 Å². The number of aliphatic hydroxyl groups excluding tert-OH is 1. The zero-order chi connectivity index (χ0) is 70.6. The molecule has 526 valence electrons. The molecule has 0 aromatic heterocycles. The van der Waals surface area contributed by atoms with Crippen molar-refractivity contribution in [2.24, 2.45) is 71.0 Å². The molecule has 15 atom stereocenters. The van der Waals surface area contributed by atoms with Crippen LogP contribution in [0.2, 0.25) is 0 Å². The van der Waals surface area contributed by atoms with Gasteiger partial charge in [-0.1, -0.05) is 104 Å². The lowest BCUT2D eigenvalue weighted by atomic mass is 9.84. The summed E-state index contributed by atoms with van der Waals surface area (Å²) in [5, 5.41) is 15.4. The van der Waals surface area contributed by atoms with Gasteiger partial charge in [-0.05, 0) is 113 Å². The van der Waals surface area contributed by atoms with Gasteiger partial charge in [0.1, 0.15) is 36.3 Å². The Morgan fingerprint density at radius 1 is 0.446 bits per heavy atom. The van der Waals surface area contributed by atoms with Crippen LogP contribution in [0.25, 0.3) is 0 Å². The van der Waals surface area contributed by atoms with Gasteiger partial charge in [0.2, 0.25) is 47.3 Å². The first-order chi connectivity index (χ1) is 42.5. The van der Waals surface area contributed by atoms with E-state index < -0.39 is 149 Å². The second-order valence-electron chi connectivity index (χ2n) is 30.4. The van der Waals surface area contributed by atoms with E-state index in [1.165, 1.54) is 90.6 Å². The molecule has 3 saturated heterocycles. The molecule has 92 heavy (non-hydrogen) atoms. The van der Waals surface area contributed by atoms with Crippen LogP contribution >= 0.6 is 0 Å². The lowest BCUT2D eigenvalue weighted by Crippen LogP contribution is -2.62. The molecule has 22 heteroatoms. The molecule has 1 unspecified atom stereocenters. The summed E-state index contributed by atoms with van der Waals surface area (Å²) < 4.78 is 0. The van der Waals surface area contributed by atoms with Crippen LogP contribution in [0, 0.1) is 71.0 Å². The van der Waals surface area contributed by atoms with E-state index in [-0.39, 0.29) is 73.8 Å². The molecule has 0 aromatic carbocycles. The zero-order valence-electron chi connectivity index (χ0n) is 61.3. The molecule has 3 heterocycles. The number of likely N-dealkylation sites (tertiary alicyclic amines) is 2. The molecule has 8 amide bonds. The molecule has 0 aromatic rings. The van der Waals surface area contributed by atoms with Gasteiger partial charge in [0, 0.05) is 113 Å². The predicted molar refractivity (Wildman–Crippen MR) is 358 cm³/mol. The number of ketones is 3. The maximum absolute atomic E-state index is 15.5. The Kier molecular flexibility index (Phi) is 31.1. The Morgan fingerprint density at radius 2 is 0.870 bits per heavy atom. The summed E-state index contributed by atoms with van der Waals surface area (Å²) in [6.07, 6.45) is -1.08. The van der Waals surface area contributed by atoms with Gasteiger partial charge in [0.25, 0.3) is 0 Å². The first kappa shape index (κ1) is 80.9. The number of hydrogen-bond acceptors (Lipinski definition) is 14. The van der Waals surface area contributed by atoms with Crippen molar-refractivity contribution >= 4 is 64.6 Å². The second kappa shape index (κ2) is 35.4. The first-order valence-corrected chi connectivity index (χ1v) is 34.4. The molecule has 22 nitrogen and oxygen atoms in total. The third-order valence-corrected chi connectivity index (χ3v) is 20.3. The highest BCUT2D eigenvalue weighted by atomic mass is 16.3. The number of fused-ring (bicyclic) bond motifs is 1. The van der Waals surface area contributed by atoms with E-state index in [1.54, 1.807) is 48.5 Å². The smallest absolute Gasteiger partial charge is 0.246 e. The fourth-order valence-electron chi connectivity index (χ4n) is 14.3. The standard InChI is InChI=1S/C70H124N10O12/c1-26-49-33-58(83)61(62(84)45(14)27-28-80-37-50-35-72(18)36-51(50)38-80)79(25)70(92)60(44(12)13)78(24)68(90)55(31-41(6)7)76(22)69(91)59(43(10)11)77(23)64(86)47(16)71-63(85)46(15)32-56(81)53(29-39(2)3)75(21)67(89)52(42(8)9)34-57(82)54(30-40(4)5)74(20)65(87)48(17)73(19)66(49)88/h39-55,59-62,84H,26-38H2,1-25H3,(H,71,85)/t45-,46+,47+,48-,49+,50-,51+,52-,53-,54+,55-,59?,60-,61+,62-/m1/s1. The average Bonchev–Trinajstić information content (AvgIpc) is 1.01. The van der Waals surface area contributed by atoms with Crippen LogP contribution in [0.3, 0.4) is 0 Å². The van der Waals surface area contributed by atoms with Crippen LogP contribution in [-0.2, 0) is 52.7 Å². The van der Waals surface area contributed by atoms with E-state index in [4.69, 9.17) is 0 Å². The van der Waals surface area contributed by atoms with E-state index >= 15 is 19.2 Å². The minimum Gasteiger partial charge on any atom is -0.390 e. The summed E-state index contributed by atoms with van der Waals surface area (Å²) >= 11 is 0.